The zero-order chi connectivity index (χ0) is 14.7. The van der Waals surface area contributed by atoms with Gasteiger partial charge in [0.05, 0.1) is 6.04 Å². The zero-order valence-electron chi connectivity index (χ0n) is 12.5. The minimum Gasteiger partial charge on any atom is -0.300 e. The van der Waals surface area contributed by atoms with Crippen LogP contribution < -0.4 is 0 Å². The Hall–Kier alpha value is -1.46. The van der Waals surface area contributed by atoms with Crippen LogP contribution in [0.25, 0.3) is 0 Å². The number of H-pyrrole nitrogens is 1. The fraction of sp³-hybridized carbons (Fsp3) is 0.500. The quantitative estimate of drug-likeness (QED) is 0.880. The number of aromatic nitrogens is 3. The summed E-state index contributed by atoms with van der Waals surface area (Å²) >= 11 is 5.41. The first kappa shape index (κ1) is 14.5. The Morgan fingerprint density at radius 1 is 1.33 bits per heavy atom. The molecule has 1 aliphatic rings. The largest absolute Gasteiger partial charge is 0.300 e. The minimum atomic E-state index is 0.448. The normalized spacial score (nSPS) is 19.8. The van der Waals surface area contributed by atoms with Crippen LogP contribution in [0.5, 0.6) is 0 Å². The van der Waals surface area contributed by atoms with E-state index in [1.165, 1.54) is 18.4 Å². The Kier molecular flexibility index (Phi) is 4.51. The molecule has 1 unspecified atom stereocenters. The third-order valence-corrected chi connectivity index (χ3v) is 4.48. The summed E-state index contributed by atoms with van der Waals surface area (Å²) in [7, 11) is 0. The van der Waals surface area contributed by atoms with Crippen molar-refractivity contribution in [2.75, 3.05) is 13.1 Å². The Morgan fingerprint density at radius 3 is 2.90 bits per heavy atom. The van der Waals surface area contributed by atoms with Crippen LogP contribution in [0.15, 0.2) is 30.3 Å². The second kappa shape index (κ2) is 6.54. The summed E-state index contributed by atoms with van der Waals surface area (Å²) in [5, 5.41) is 7.29. The molecule has 4 nitrogen and oxygen atoms in total. The van der Waals surface area contributed by atoms with Crippen molar-refractivity contribution in [2.24, 2.45) is 0 Å². The second-order valence-electron chi connectivity index (χ2n) is 5.69. The number of nitrogens with zero attached hydrogens (tertiary/aromatic N) is 3. The van der Waals surface area contributed by atoms with Gasteiger partial charge >= 0.3 is 0 Å². The maximum Gasteiger partial charge on any atom is 0.195 e. The number of hydrogen-bond acceptors (Lipinski definition) is 3. The van der Waals surface area contributed by atoms with Crippen molar-refractivity contribution in [3.8, 4) is 0 Å². The van der Waals surface area contributed by atoms with Crippen LogP contribution in [0.2, 0.25) is 0 Å². The van der Waals surface area contributed by atoms with Gasteiger partial charge in [0.15, 0.2) is 4.77 Å². The van der Waals surface area contributed by atoms with Gasteiger partial charge in [0.2, 0.25) is 0 Å². The number of rotatable bonds is 4. The summed E-state index contributed by atoms with van der Waals surface area (Å²) in [6.07, 6.45) is 3.32. The van der Waals surface area contributed by atoms with E-state index in [9.17, 15) is 0 Å². The van der Waals surface area contributed by atoms with Crippen LogP contribution in [0.4, 0.5) is 0 Å². The molecule has 0 radical (unpaired) electrons. The van der Waals surface area contributed by atoms with Crippen molar-refractivity contribution in [3.63, 3.8) is 0 Å². The van der Waals surface area contributed by atoms with Crippen LogP contribution in [-0.4, -0.2) is 32.8 Å². The SMILES string of the molecule is CCc1n[nH]c(=S)n1C1CCCN(Cc2ccccc2)C1. The van der Waals surface area contributed by atoms with Crippen LogP contribution in [0.1, 0.15) is 37.2 Å². The van der Waals surface area contributed by atoms with Crippen molar-refractivity contribution < 1.29 is 0 Å². The standard InChI is InChI=1S/C16H22N4S/c1-2-15-17-18-16(21)20(15)14-9-6-10-19(12-14)11-13-7-4-3-5-8-13/h3-5,7-8,14H,2,6,9-12H2,1H3,(H,18,21). The molecule has 2 aromatic rings. The molecule has 0 bridgehead atoms. The molecule has 112 valence electrons. The summed E-state index contributed by atoms with van der Waals surface area (Å²) < 4.78 is 2.99. The molecular weight excluding hydrogens is 280 g/mol. The van der Waals surface area contributed by atoms with E-state index in [2.05, 4.69) is 56.9 Å². The van der Waals surface area contributed by atoms with Crippen LogP contribution >= 0.6 is 12.2 Å². The average Bonchev–Trinajstić information content (AvgIpc) is 2.89. The van der Waals surface area contributed by atoms with E-state index in [4.69, 9.17) is 12.2 Å². The smallest absolute Gasteiger partial charge is 0.195 e. The van der Waals surface area contributed by atoms with E-state index >= 15 is 0 Å². The maximum atomic E-state index is 5.41. The van der Waals surface area contributed by atoms with Gasteiger partial charge < -0.3 is 0 Å². The fourth-order valence-electron chi connectivity index (χ4n) is 3.19. The molecule has 1 aromatic heterocycles. The fourth-order valence-corrected chi connectivity index (χ4v) is 3.49. The highest BCUT2D eigenvalue weighted by Crippen LogP contribution is 2.24. The number of benzene rings is 1. The molecular formula is C16H22N4S. The first-order valence-corrected chi connectivity index (χ1v) is 8.11. The molecule has 0 amide bonds. The van der Waals surface area contributed by atoms with Crippen molar-refractivity contribution in [2.45, 2.75) is 38.8 Å². The molecule has 1 fully saturated rings. The van der Waals surface area contributed by atoms with Gasteiger partial charge in [-0.2, -0.15) is 5.10 Å². The molecule has 1 aliphatic heterocycles. The Morgan fingerprint density at radius 2 is 2.14 bits per heavy atom. The Labute approximate surface area is 130 Å². The minimum absolute atomic E-state index is 0.448. The summed E-state index contributed by atoms with van der Waals surface area (Å²) in [6.45, 7) is 5.36. The van der Waals surface area contributed by atoms with Crippen LogP contribution in [0, 0.1) is 4.77 Å². The van der Waals surface area contributed by atoms with Gasteiger partial charge in [-0.05, 0) is 37.2 Å². The third kappa shape index (κ3) is 3.24. The molecule has 1 atom stereocenters. The first-order chi connectivity index (χ1) is 10.3. The van der Waals surface area contributed by atoms with E-state index in [-0.39, 0.29) is 0 Å². The van der Waals surface area contributed by atoms with Crippen LogP contribution in [0.3, 0.4) is 0 Å². The van der Waals surface area contributed by atoms with Gasteiger partial charge in [-0.3, -0.25) is 14.6 Å². The number of piperidine rings is 1. The predicted octanol–water partition coefficient (Wildman–Crippen LogP) is 3.34. The van der Waals surface area contributed by atoms with Gasteiger partial charge in [0.25, 0.3) is 0 Å². The molecule has 0 saturated carbocycles. The molecule has 21 heavy (non-hydrogen) atoms. The van der Waals surface area contributed by atoms with Crippen molar-refractivity contribution in [1.29, 1.82) is 0 Å². The van der Waals surface area contributed by atoms with E-state index < -0.39 is 0 Å². The molecule has 2 heterocycles. The molecule has 1 saturated heterocycles. The van der Waals surface area contributed by atoms with E-state index in [1.807, 2.05) is 0 Å². The average molecular weight is 302 g/mol. The summed E-state index contributed by atoms with van der Waals surface area (Å²) in [5.41, 5.74) is 1.38. The lowest BCUT2D eigenvalue weighted by atomic mass is 10.0. The van der Waals surface area contributed by atoms with Gasteiger partial charge in [-0.25, -0.2) is 0 Å². The Bertz CT molecular complexity index is 631. The van der Waals surface area contributed by atoms with Crippen LogP contribution in [-0.2, 0) is 13.0 Å². The van der Waals surface area contributed by atoms with Crippen molar-refractivity contribution in [1.82, 2.24) is 19.7 Å². The number of aromatic amines is 1. The number of aryl methyl sites for hydroxylation is 1. The number of hydrogen-bond donors (Lipinski definition) is 1. The van der Waals surface area contributed by atoms with Crippen molar-refractivity contribution in [3.05, 3.63) is 46.5 Å². The maximum absolute atomic E-state index is 5.41. The molecule has 1 aromatic carbocycles. The predicted molar refractivity (Wildman–Crippen MR) is 86.8 cm³/mol. The lowest BCUT2D eigenvalue weighted by Gasteiger charge is -2.33. The van der Waals surface area contributed by atoms with Gasteiger partial charge in [0.1, 0.15) is 5.82 Å². The van der Waals surface area contributed by atoms with Gasteiger partial charge in [-0.15, -0.1) is 0 Å². The highest BCUT2D eigenvalue weighted by atomic mass is 32.1. The zero-order valence-corrected chi connectivity index (χ0v) is 13.3. The van der Waals surface area contributed by atoms with Gasteiger partial charge in [0, 0.05) is 19.5 Å². The molecule has 3 rings (SSSR count). The highest BCUT2D eigenvalue weighted by molar-refractivity contribution is 7.71. The van der Waals surface area contributed by atoms with E-state index in [0.29, 0.717) is 6.04 Å². The van der Waals surface area contributed by atoms with Crippen molar-refractivity contribution >= 4 is 12.2 Å². The summed E-state index contributed by atoms with van der Waals surface area (Å²) in [6, 6.07) is 11.1. The first-order valence-electron chi connectivity index (χ1n) is 7.70. The van der Waals surface area contributed by atoms with E-state index in [0.717, 1.165) is 36.7 Å². The van der Waals surface area contributed by atoms with Gasteiger partial charge in [-0.1, -0.05) is 37.3 Å². The summed E-state index contributed by atoms with van der Waals surface area (Å²) in [4.78, 5) is 2.53. The summed E-state index contributed by atoms with van der Waals surface area (Å²) in [5.74, 6) is 1.08. The second-order valence-corrected chi connectivity index (χ2v) is 6.07. The monoisotopic (exact) mass is 302 g/mol. The number of nitrogens with one attached hydrogen (secondary N) is 1. The molecule has 0 aliphatic carbocycles. The highest BCUT2D eigenvalue weighted by Gasteiger charge is 2.23. The van der Waals surface area contributed by atoms with E-state index in [1.54, 1.807) is 0 Å². The third-order valence-electron chi connectivity index (χ3n) is 4.19. The Balaban J connectivity index is 1.74. The topological polar surface area (TPSA) is 36.9 Å². The lowest BCUT2D eigenvalue weighted by molar-refractivity contribution is 0.167. The molecule has 5 heteroatoms. The number of likely N-dealkylation sites (tertiary alicyclic amines) is 1. The molecule has 1 N–H and O–H groups in total. The lowest BCUT2D eigenvalue weighted by Crippen LogP contribution is -2.36. The molecule has 0 spiro atoms.